The maximum absolute atomic E-state index is 12.8. The molecule has 4 rings (SSSR count). The number of hydrogen-bond acceptors (Lipinski definition) is 8. The molecule has 1 amide bonds. The average molecular weight is 451 g/mol. The molecule has 2 fully saturated rings. The van der Waals surface area contributed by atoms with Gasteiger partial charge in [-0.25, -0.2) is 8.42 Å². The van der Waals surface area contributed by atoms with Crippen LogP contribution < -0.4 is 0 Å². The summed E-state index contributed by atoms with van der Waals surface area (Å²) in [6, 6.07) is 8.93. The number of non-ortho nitro benzene ring substituents is 1. The number of thiocarbonyl (C=S) groups is 1. The fourth-order valence-corrected chi connectivity index (χ4v) is 6.34. The minimum atomic E-state index is -3.14. The molecule has 150 valence electrons. The van der Waals surface area contributed by atoms with Crippen molar-refractivity contribution in [3.63, 3.8) is 0 Å². The third kappa shape index (κ3) is 3.98. The third-order valence-corrected chi connectivity index (χ3v) is 7.72. The summed E-state index contributed by atoms with van der Waals surface area (Å²) in [4.78, 5) is 24.9. The van der Waals surface area contributed by atoms with E-state index in [0.717, 1.165) is 11.8 Å². The highest BCUT2D eigenvalue weighted by atomic mass is 32.2. The molecule has 2 aromatic rings. The van der Waals surface area contributed by atoms with Crippen LogP contribution in [0.3, 0.4) is 0 Å². The number of benzene rings is 1. The number of carbonyl (C=O) groups excluding carboxylic acids is 1. The van der Waals surface area contributed by atoms with Gasteiger partial charge in [-0.3, -0.25) is 19.8 Å². The molecule has 1 unspecified atom stereocenters. The van der Waals surface area contributed by atoms with Gasteiger partial charge in [0.05, 0.1) is 27.4 Å². The molecule has 11 heteroatoms. The first-order valence-corrected chi connectivity index (χ1v) is 11.6. The van der Waals surface area contributed by atoms with Gasteiger partial charge in [0.2, 0.25) is 0 Å². The summed E-state index contributed by atoms with van der Waals surface area (Å²) in [6.45, 7) is 0. The maximum atomic E-state index is 12.8. The average Bonchev–Trinajstić information content (AvgIpc) is 3.34. The van der Waals surface area contributed by atoms with Crippen molar-refractivity contribution in [2.75, 3.05) is 11.5 Å². The molecule has 0 bridgehead atoms. The maximum Gasteiger partial charge on any atom is 0.270 e. The Morgan fingerprint density at radius 1 is 1.31 bits per heavy atom. The molecule has 0 saturated carbocycles. The number of thioether (sulfide) groups is 1. The van der Waals surface area contributed by atoms with Crippen LogP contribution in [-0.2, 0) is 14.6 Å². The lowest BCUT2D eigenvalue weighted by molar-refractivity contribution is -0.384. The summed E-state index contributed by atoms with van der Waals surface area (Å²) in [7, 11) is -3.14. The van der Waals surface area contributed by atoms with E-state index in [4.69, 9.17) is 16.6 Å². The van der Waals surface area contributed by atoms with Crippen LogP contribution in [0.15, 0.2) is 45.7 Å². The second-order valence-corrected chi connectivity index (χ2v) is 10.5. The summed E-state index contributed by atoms with van der Waals surface area (Å²) in [6.07, 6.45) is 1.92. The zero-order valence-electron chi connectivity index (χ0n) is 14.8. The molecule has 29 heavy (non-hydrogen) atoms. The smallest absolute Gasteiger partial charge is 0.270 e. The molecule has 2 aliphatic rings. The summed E-state index contributed by atoms with van der Waals surface area (Å²) < 4.78 is 29.5. The fourth-order valence-electron chi connectivity index (χ4n) is 3.26. The van der Waals surface area contributed by atoms with Gasteiger partial charge in [-0.1, -0.05) is 36.1 Å². The van der Waals surface area contributed by atoms with Crippen LogP contribution >= 0.6 is 24.0 Å². The molecule has 1 aromatic carbocycles. The van der Waals surface area contributed by atoms with Crippen LogP contribution in [0, 0.1) is 10.1 Å². The molecule has 0 spiro atoms. The van der Waals surface area contributed by atoms with E-state index in [9.17, 15) is 23.3 Å². The molecule has 3 heterocycles. The zero-order valence-corrected chi connectivity index (χ0v) is 17.3. The second kappa shape index (κ2) is 7.39. The summed E-state index contributed by atoms with van der Waals surface area (Å²) in [5, 5.41) is 10.9. The van der Waals surface area contributed by atoms with E-state index in [1.54, 1.807) is 30.3 Å². The van der Waals surface area contributed by atoms with E-state index >= 15 is 0 Å². The number of carbonyl (C=O) groups is 1. The Bertz CT molecular complexity index is 1170. The van der Waals surface area contributed by atoms with Crippen molar-refractivity contribution in [2.45, 2.75) is 12.5 Å². The predicted octanol–water partition coefficient (Wildman–Crippen LogP) is 3.24. The molecule has 0 aliphatic carbocycles. The number of hydrogen-bond donors (Lipinski definition) is 0. The molecule has 2 saturated heterocycles. The second-order valence-electron chi connectivity index (χ2n) is 6.62. The van der Waals surface area contributed by atoms with E-state index in [0.29, 0.717) is 32.7 Å². The van der Waals surface area contributed by atoms with Gasteiger partial charge in [0.15, 0.2) is 9.84 Å². The van der Waals surface area contributed by atoms with Gasteiger partial charge in [0.25, 0.3) is 11.6 Å². The number of nitro groups is 1. The lowest BCUT2D eigenvalue weighted by Gasteiger charge is -2.20. The van der Waals surface area contributed by atoms with Crippen LogP contribution in [0.2, 0.25) is 0 Å². The molecule has 0 radical (unpaired) electrons. The van der Waals surface area contributed by atoms with Gasteiger partial charge in [0, 0.05) is 23.8 Å². The minimum absolute atomic E-state index is 0.0483. The number of nitrogens with zero attached hydrogens (tertiary/aromatic N) is 2. The van der Waals surface area contributed by atoms with Gasteiger partial charge in [-0.2, -0.15) is 0 Å². The van der Waals surface area contributed by atoms with Gasteiger partial charge in [-0.15, -0.1) is 0 Å². The van der Waals surface area contributed by atoms with Crippen LogP contribution in [-0.4, -0.2) is 46.0 Å². The van der Waals surface area contributed by atoms with Crippen molar-refractivity contribution in [3.05, 3.63) is 57.2 Å². The Hall–Kier alpha value is -2.50. The van der Waals surface area contributed by atoms with Gasteiger partial charge in [-0.05, 0) is 18.6 Å². The summed E-state index contributed by atoms with van der Waals surface area (Å²) >= 11 is 6.38. The Morgan fingerprint density at radius 3 is 2.79 bits per heavy atom. The Labute approximate surface area is 175 Å². The van der Waals surface area contributed by atoms with Crippen molar-refractivity contribution in [1.29, 1.82) is 0 Å². The van der Waals surface area contributed by atoms with Crippen molar-refractivity contribution in [1.82, 2.24) is 4.90 Å². The molecule has 1 atom stereocenters. The van der Waals surface area contributed by atoms with Crippen molar-refractivity contribution >= 4 is 55.8 Å². The normalized spacial score (nSPS) is 22.6. The van der Waals surface area contributed by atoms with Gasteiger partial charge < -0.3 is 4.42 Å². The summed E-state index contributed by atoms with van der Waals surface area (Å²) in [5.41, 5.74) is 0.496. The third-order valence-electron chi connectivity index (χ3n) is 4.64. The quantitative estimate of drug-likeness (QED) is 0.302. The molecule has 8 nitrogen and oxygen atoms in total. The van der Waals surface area contributed by atoms with E-state index in [2.05, 4.69) is 0 Å². The van der Waals surface area contributed by atoms with Crippen molar-refractivity contribution < 1.29 is 22.6 Å². The summed E-state index contributed by atoms with van der Waals surface area (Å²) in [5.74, 6) is 0.460. The topological polar surface area (TPSA) is 111 Å². The number of sulfone groups is 1. The Morgan fingerprint density at radius 2 is 2.10 bits per heavy atom. The number of rotatable bonds is 4. The van der Waals surface area contributed by atoms with Gasteiger partial charge >= 0.3 is 0 Å². The monoisotopic (exact) mass is 450 g/mol. The van der Waals surface area contributed by atoms with Crippen molar-refractivity contribution in [3.8, 4) is 11.3 Å². The lowest BCUT2D eigenvalue weighted by Crippen LogP contribution is -2.39. The molecule has 2 aliphatic heterocycles. The van der Waals surface area contributed by atoms with Crippen LogP contribution in [0.25, 0.3) is 17.4 Å². The number of nitro benzene ring substituents is 1. The highest BCUT2D eigenvalue weighted by molar-refractivity contribution is 8.26. The van der Waals surface area contributed by atoms with Crippen LogP contribution in [0.4, 0.5) is 5.69 Å². The SMILES string of the molecule is O=C1/C(=C\c2ccc(-c3cccc([N+](=O)[O-])c3)o2)SC(=S)N1C1CCS(=O)(=O)C1. The lowest BCUT2D eigenvalue weighted by atomic mass is 10.1. The first-order chi connectivity index (χ1) is 13.7. The highest BCUT2D eigenvalue weighted by Crippen LogP contribution is 2.37. The van der Waals surface area contributed by atoms with E-state index in [1.165, 1.54) is 17.0 Å². The predicted molar refractivity (Wildman–Crippen MR) is 113 cm³/mol. The fraction of sp³-hybridized carbons (Fsp3) is 0.222. The molecule has 1 aromatic heterocycles. The number of amides is 1. The first-order valence-electron chi connectivity index (χ1n) is 8.56. The zero-order chi connectivity index (χ0) is 20.8. The largest absolute Gasteiger partial charge is 0.457 e. The van der Waals surface area contributed by atoms with Crippen LogP contribution in [0.1, 0.15) is 12.2 Å². The molecular weight excluding hydrogens is 436 g/mol. The molecule has 0 N–H and O–H groups in total. The van der Waals surface area contributed by atoms with Crippen molar-refractivity contribution in [2.24, 2.45) is 0 Å². The Kier molecular flexibility index (Phi) is 5.05. The van der Waals surface area contributed by atoms with E-state index < -0.39 is 20.8 Å². The molecular formula is C18H14N2O6S3. The Balaban J connectivity index is 1.56. The standard InChI is InChI=1S/C18H14N2O6S3/c21-17-16(28-18(27)19(17)13-6-7-29(24,25)10-13)9-14-4-5-15(26-14)11-2-1-3-12(8-11)20(22)23/h1-5,8-9,13H,6-7,10H2/b16-9+. The number of furan rings is 1. The van der Waals surface area contributed by atoms with E-state index in [1.807, 2.05) is 0 Å². The van der Waals surface area contributed by atoms with E-state index in [-0.39, 0.29) is 23.1 Å². The highest BCUT2D eigenvalue weighted by Gasteiger charge is 2.42. The first kappa shape index (κ1) is 19.8. The van der Waals surface area contributed by atoms with Crippen LogP contribution in [0.5, 0.6) is 0 Å². The van der Waals surface area contributed by atoms with Gasteiger partial charge in [0.1, 0.15) is 15.8 Å². The minimum Gasteiger partial charge on any atom is -0.457 e.